The molecule has 1 aliphatic carbocycles. The Hall–Kier alpha value is -1.49. The Kier molecular flexibility index (Phi) is 4.71. The molecule has 1 heterocycles. The number of nitrogens with one attached hydrogen (secondary N) is 1. The van der Waals surface area contributed by atoms with Crippen LogP contribution >= 0.6 is 0 Å². The van der Waals surface area contributed by atoms with Crippen molar-refractivity contribution in [1.29, 1.82) is 0 Å². The van der Waals surface area contributed by atoms with Crippen molar-refractivity contribution in [2.45, 2.75) is 50.6 Å². The molecule has 0 bridgehead atoms. The van der Waals surface area contributed by atoms with Gasteiger partial charge in [-0.05, 0) is 49.8 Å². The number of likely N-dealkylation sites (tertiary alicyclic amines) is 1. The Morgan fingerprint density at radius 3 is 2.50 bits per heavy atom. The molecule has 0 aromatic heterocycles. The average Bonchev–Trinajstić information content (AvgIpc) is 3.34. The molecule has 0 atom stereocenters. The number of piperidine rings is 1. The van der Waals surface area contributed by atoms with Gasteiger partial charge in [0.15, 0.2) is 11.6 Å². The molecule has 1 N–H and O–H groups in total. The van der Waals surface area contributed by atoms with Crippen molar-refractivity contribution in [1.82, 2.24) is 10.2 Å². The minimum atomic E-state index is -0.856. The van der Waals surface area contributed by atoms with Gasteiger partial charge in [0, 0.05) is 31.6 Å². The average molecular weight is 308 g/mol. The molecule has 2 aliphatic rings. The summed E-state index contributed by atoms with van der Waals surface area (Å²) in [7, 11) is 0. The number of carbonyl (C=O) groups excluding carboxylic acids is 1. The molecule has 3 nitrogen and oxygen atoms in total. The number of nitrogens with zero attached hydrogens (tertiary/aromatic N) is 1. The van der Waals surface area contributed by atoms with Gasteiger partial charge < -0.3 is 10.2 Å². The number of amides is 1. The number of rotatable bonds is 5. The molecule has 2 fully saturated rings. The van der Waals surface area contributed by atoms with Crippen molar-refractivity contribution in [2.75, 3.05) is 13.1 Å². The molecule has 3 rings (SSSR count). The second-order valence-corrected chi connectivity index (χ2v) is 6.36. The van der Waals surface area contributed by atoms with Gasteiger partial charge in [0.2, 0.25) is 5.91 Å². The third-order valence-corrected chi connectivity index (χ3v) is 4.58. The predicted molar refractivity (Wildman–Crippen MR) is 80.4 cm³/mol. The van der Waals surface area contributed by atoms with Crippen LogP contribution in [0.5, 0.6) is 0 Å². The first kappa shape index (κ1) is 15.4. The topological polar surface area (TPSA) is 32.3 Å². The van der Waals surface area contributed by atoms with Crippen molar-refractivity contribution < 1.29 is 13.6 Å². The summed E-state index contributed by atoms with van der Waals surface area (Å²) in [6.07, 6.45) is 5.41. The van der Waals surface area contributed by atoms with E-state index in [1.807, 2.05) is 0 Å². The molecule has 1 aromatic carbocycles. The highest BCUT2D eigenvalue weighted by atomic mass is 19.2. The number of hydrogen-bond acceptors (Lipinski definition) is 2. The fourth-order valence-corrected chi connectivity index (χ4v) is 3.10. The van der Waals surface area contributed by atoms with Crippen molar-refractivity contribution >= 4 is 5.91 Å². The summed E-state index contributed by atoms with van der Waals surface area (Å²) in [5.74, 6) is -1.71. The van der Waals surface area contributed by atoms with Crippen LogP contribution in [0, 0.1) is 11.6 Å². The van der Waals surface area contributed by atoms with Gasteiger partial charge in [0.05, 0.1) is 0 Å². The maximum absolute atomic E-state index is 13.1. The van der Waals surface area contributed by atoms with Crippen molar-refractivity contribution in [2.24, 2.45) is 0 Å². The van der Waals surface area contributed by atoms with Gasteiger partial charge in [-0.15, -0.1) is 0 Å². The van der Waals surface area contributed by atoms with E-state index in [4.69, 9.17) is 0 Å². The molecule has 0 radical (unpaired) electrons. The summed E-state index contributed by atoms with van der Waals surface area (Å²) < 4.78 is 25.9. The van der Waals surface area contributed by atoms with E-state index >= 15 is 0 Å². The van der Waals surface area contributed by atoms with Gasteiger partial charge in [0.1, 0.15) is 0 Å². The molecule has 1 amide bonds. The fraction of sp³-hybridized carbons (Fsp3) is 0.588. The molecule has 1 aliphatic heterocycles. The third-order valence-electron chi connectivity index (χ3n) is 4.58. The van der Waals surface area contributed by atoms with Gasteiger partial charge in [-0.1, -0.05) is 6.07 Å². The Morgan fingerprint density at radius 1 is 1.14 bits per heavy atom. The summed E-state index contributed by atoms with van der Waals surface area (Å²) in [5, 5.41) is 3.06. The van der Waals surface area contributed by atoms with Crippen LogP contribution in [-0.2, 0) is 11.2 Å². The summed E-state index contributed by atoms with van der Waals surface area (Å²) in [6.45, 7) is 2.14. The van der Waals surface area contributed by atoms with Crippen LogP contribution in [0.15, 0.2) is 18.2 Å². The van der Waals surface area contributed by atoms with Crippen LogP contribution in [-0.4, -0.2) is 36.0 Å². The fourth-order valence-electron chi connectivity index (χ4n) is 3.10. The summed E-state index contributed by atoms with van der Waals surface area (Å²) in [6, 6.07) is 4.85. The van der Waals surface area contributed by atoms with Crippen LogP contribution in [0.1, 0.15) is 37.7 Å². The smallest absolute Gasteiger partial charge is 0.220 e. The second kappa shape index (κ2) is 6.73. The van der Waals surface area contributed by atoms with Crippen LogP contribution in [0.25, 0.3) is 0 Å². The highest BCUT2D eigenvalue weighted by molar-refractivity contribution is 5.76. The minimum absolute atomic E-state index is 0.00500. The van der Waals surface area contributed by atoms with E-state index in [0.717, 1.165) is 44.1 Å². The zero-order chi connectivity index (χ0) is 15.5. The maximum atomic E-state index is 13.1. The zero-order valence-corrected chi connectivity index (χ0v) is 12.7. The Morgan fingerprint density at radius 2 is 1.86 bits per heavy atom. The number of halogens is 2. The Labute approximate surface area is 129 Å². The SMILES string of the molecule is O=C(CCc1ccc(F)c(F)c1)NC1CCN(C2CC2)CC1. The van der Waals surface area contributed by atoms with Crippen molar-refractivity contribution in [3.8, 4) is 0 Å². The van der Waals surface area contributed by atoms with Crippen LogP contribution in [0.2, 0.25) is 0 Å². The second-order valence-electron chi connectivity index (χ2n) is 6.36. The first-order valence-corrected chi connectivity index (χ1v) is 8.09. The van der Waals surface area contributed by atoms with Gasteiger partial charge in [0.25, 0.3) is 0 Å². The highest BCUT2D eigenvalue weighted by Gasteiger charge is 2.31. The quantitative estimate of drug-likeness (QED) is 0.907. The van der Waals surface area contributed by atoms with E-state index in [-0.39, 0.29) is 11.9 Å². The van der Waals surface area contributed by atoms with Crippen LogP contribution in [0.3, 0.4) is 0 Å². The molecule has 0 unspecified atom stereocenters. The number of carbonyl (C=O) groups is 1. The van der Waals surface area contributed by atoms with Crippen LogP contribution < -0.4 is 5.32 Å². The standard InChI is InChI=1S/C17H22F2N2O/c18-15-5-1-12(11-16(15)19)2-6-17(22)20-13-7-9-21(10-8-13)14-3-4-14/h1,5,11,13-14H,2-4,6-10H2,(H,20,22). The lowest BCUT2D eigenvalue weighted by Gasteiger charge is -2.32. The maximum Gasteiger partial charge on any atom is 0.220 e. The van der Waals surface area contributed by atoms with Gasteiger partial charge in [-0.25, -0.2) is 8.78 Å². The molecule has 5 heteroatoms. The molecule has 1 aromatic rings. The van der Waals surface area contributed by atoms with Gasteiger partial charge in [-0.3, -0.25) is 4.79 Å². The molecular formula is C17H22F2N2O. The molecule has 120 valence electrons. The highest BCUT2D eigenvalue weighted by Crippen LogP contribution is 2.29. The molecule has 22 heavy (non-hydrogen) atoms. The van der Waals surface area contributed by atoms with E-state index in [2.05, 4.69) is 10.2 Å². The first-order valence-electron chi connectivity index (χ1n) is 8.09. The van der Waals surface area contributed by atoms with E-state index in [1.54, 1.807) is 0 Å². The third kappa shape index (κ3) is 4.03. The molecule has 1 saturated carbocycles. The summed E-state index contributed by atoms with van der Waals surface area (Å²) in [5.41, 5.74) is 0.651. The number of benzene rings is 1. The zero-order valence-electron chi connectivity index (χ0n) is 12.7. The summed E-state index contributed by atoms with van der Waals surface area (Å²) in [4.78, 5) is 14.5. The normalized spacial score (nSPS) is 20.1. The lowest BCUT2D eigenvalue weighted by atomic mass is 10.0. The Bertz CT molecular complexity index is 537. The lowest BCUT2D eigenvalue weighted by molar-refractivity contribution is -0.122. The lowest BCUT2D eigenvalue weighted by Crippen LogP contribution is -2.45. The monoisotopic (exact) mass is 308 g/mol. The van der Waals surface area contributed by atoms with Crippen molar-refractivity contribution in [3.63, 3.8) is 0 Å². The largest absolute Gasteiger partial charge is 0.353 e. The first-order chi connectivity index (χ1) is 10.6. The molecule has 1 saturated heterocycles. The predicted octanol–water partition coefficient (Wildman–Crippen LogP) is 2.64. The Balaban J connectivity index is 1.39. The summed E-state index contributed by atoms with van der Waals surface area (Å²) >= 11 is 0. The molecular weight excluding hydrogens is 286 g/mol. The number of aryl methyl sites for hydroxylation is 1. The van der Waals surface area contributed by atoms with Gasteiger partial charge >= 0.3 is 0 Å². The van der Waals surface area contributed by atoms with Gasteiger partial charge in [-0.2, -0.15) is 0 Å². The van der Waals surface area contributed by atoms with Crippen LogP contribution in [0.4, 0.5) is 8.78 Å². The van der Waals surface area contributed by atoms with E-state index in [9.17, 15) is 13.6 Å². The number of hydrogen-bond donors (Lipinski definition) is 1. The van der Waals surface area contributed by atoms with E-state index in [1.165, 1.54) is 18.9 Å². The van der Waals surface area contributed by atoms with E-state index < -0.39 is 11.6 Å². The molecule has 0 spiro atoms. The van der Waals surface area contributed by atoms with E-state index in [0.29, 0.717) is 18.4 Å². The van der Waals surface area contributed by atoms with Crippen molar-refractivity contribution in [3.05, 3.63) is 35.4 Å². The minimum Gasteiger partial charge on any atom is -0.353 e.